The smallest absolute Gasteiger partial charge is 0.260 e. The summed E-state index contributed by atoms with van der Waals surface area (Å²) in [5.41, 5.74) is 0.873. The van der Waals surface area contributed by atoms with E-state index in [-0.39, 0.29) is 23.9 Å². The summed E-state index contributed by atoms with van der Waals surface area (Å²) >= 11 is 7.61. The molecule has 0 aliphatic rings. The van der Waals surface area contributed by atoms with Crippen molar-refractivity contribution in [1.82, 2.24) is 9.88 Å². The van der Waals surface area contributed by atoms with Gasteiger partial charge >= 0.3 is 0 Å². The molecule has 0 aliphatic carbocycles. The van der Waals surface area contributed by atoms with Crippen molar-refractivity contribution in [3.8, 4) is 5.75 Å². The Balaban J connectivity index is 0.00000280. The lowest BCUT2D eigenvalue weighted by atomic mass is 10.2. The molecule has 0 fully saturated rings. The molecular weight excluding hydrogens is 424 g/mol. The number of nitrogens with zero attached hydrogens (tertiary/aromatic N) is 3. The Morgan fingerprint density at radius 1 is 1.25 bits per heavy atom. The van der Waals surface area contributed by atoms with Gasteiger partial charge in [-0.15, -0.1) is 12.4 Å². The van der Waals surface area contributed by atoms with Crippen LogP contribution >= 0.6 is 35.3 Å². The van der Waals surface area contributed by atoms with E-state index >= 15 is 0 Å². The van der Waals surface area contributed by atoms with Crippen molar-refractivity contribution in [1.29, 1.82) is 0 Å². The summed E-state index contributed by atoms with van der Waals surface area (Å²) in [5.74, 6) is -0.185. The zero-order valence-electron chi connectivity index (χ0n) is 15.6. The first-order chi connectivity index (χ1) is 12.9. The molecule has 150 valence electrons. The molecule has 0 aliphatic heterocycles. The number of thiazole rings is 1. The molecule has 3 rings (SSSR count). The summed E-state index contributed by atoms with van der Waals surface area (Å²) in [6, 6.07) is 9.13. The zero-order chi connectivity index (χ0) is 19.6. The summed E-state index contributed by atoms with van der Waals surface area (Å²) in [6.07, 6.45) is 0. The Kier molecular flexibility index (Phi) is 7.60. The van der Waals surface area contributed by atoms with E-state index in [0.29, 0.717) is 34.5 Å². The van der Waals surface area contributed by atoms with Crippen molar-refractivity contribution < 1.29 is 13.9 Å². The van der Waals surface area contributed by atoms with Gasteiger partial charge in [0.05, 0.1) is 16.8 Å². The fourth-order valence-corrected chi connectivity index (χ4v) is 3.86. The molecule has 28 heavy (non-hydrogen) atoms. The van der Waals surface area contributed by atoms with E-state index < -0.39 is 5.82 Å². The number of anilines is 1. The molecular formula is C19H20Cl2FN3O2S. The molecule has 5 nitrogen and oxygen atoms in total. The Morgan fingerprint density at radius 2 is 2.00 bits per heavy atom. The third-order valence-electron chi connectivity index (χ3n) is 3.99. The van der Waals surface area contributed by atoms with Gasteiger partial charge in [-0.2, -0.15) is 0 Å². The van der Waals surface area contributed by atoms with Crippen LogP contribution in [-0.4, -0.2) is 50.1 Å². The highest BCUT2D eigenvalue weighted by atomic mass is 35.5. The maximum absolute atomic E-state index is 13.6. The van der Waals surface area contributed by atoms with Crippen LogP contribution in [0.5, 0.6) is 5.75 Å². The molecule has 1 aromatic heterocycles. The predicted molar refractivity (Wildman–Crippen MR) is 115 cm³/mol. The van der Waals surface area contributed by atoms with Crippen LogP contribution in [0.1, 0.15) is 10.4 Å². The number of halogens is 3. The first-order valence-corrected chi connectivity index (χ1v) is 9.45. The average molecular weight is 444 g/mol. The molecule has 9 heteroatoms. The molecule has 0 radical (unpaired) electrons. The maximum atomic E-state index is 13.6. The van der Waals surface area contributed by atoms with Gasteiger partial charge in [-0.05, 0) is 44.4 Å². The van der Waals surface area contributed by atoms with E-state index in [1.807, 2.05) is 19.0 Å². The van der Waals surface area contributed by atoms with Gasteiger partial charge in [0.25, 0.3) is 5.91 Å². The minimum atomic E-state index is -0.456. The Morgan fingerprint density at radius 3 is 2.64 bits per heavy atom. The second-order valence-corrected chi connectivity index (χ2v) is 7.58. The summed E-state index contributed by atoms with van der Waals surface area (Å²) in [5, 5.41) is 1.04. The van der Waals surface area contributed by atoms with Gasteiger partial charge in [0.15, 0.2) is 5.13 Å². The van der Waals surface area contributed by atoms with E-state index in [9.17, 15) is 9.18 Å². The molecule has 0 N–H and O–H groups in total. The van der Waals surface area contributed by atoms with Crippen molar-refractivity contribution in [2.24, 2.45) is 0 Å². The lowest BCUT2D eigenvalue weighted by Crippen LogP contribution is -2.36. The van der Waals surface area contributed by atoms with E-state index in [4.69, 9.17) is 16.3 Å². The number of benzene rings is 2. The first kappa shape index (κ1) is 22.4. The van der Waals surface area contributed by atoms with Gasteiger partial charge in [-0.1, -0.05) is 29.0 Å². The Labute approximate surface area is 178 Å². The third kappa shape index (κ3) is 4.72. The second kappa shape index (κ2) is 9.52. The highest BCUT2D eigenvalue weighted by molar-refractivity contribution is 7.23. The van der Waals surface area contributed by atoms with Gasteiger partial charge in [0, 0.05) is 18.7 Å². The van der Waals surface area contributed by atoms with Crippen LogP contribution in [0.25, 0.3) is 10.2 Å². The molecule has 0 saturated heterocycles. The summed E-state index contributed by atoms with van der Waals surface area (Å²) in [4.78, 5) is 21.2. The standard InChI is InChI=1S/C19H19ClFN3O2S.ClH/c1-23(2)9-10-24(18(25)12-5-4-6-13(21)11-12)19-22-16-15(26-3)8-7-14(20)17(16)27-19;/h4-8,11H,9-10H2,1-3H3;1H. The minimum absolute atomic E-state index is 0. The zero-order valence-corrected chi connectivity index (χ0v) is 18.0. The summed E-state index contributed by atoms with van der Waals surface area (Å²) in [6.45, 7) is 1.03. The molecule has 0 atom stereocenters. The molecule has 1 heterocycles. The average Bonchev–Trinajstić information content (AvgIpc) is 3.08. The van der Waals surface area contributed by atoms with E-state index in [2.05, 4.69) is 4.98 Å². The molecule has 1 amide bonds. The van der Waals surface area contributed by atoms with E-state index in [0.717, 1.165) is 4.70 Å². The van der Waals surface area contributed by atoms with Crippen molar-refractivity contribution in [3.63, 3.8) is 0 Å². The van der Waals surface area contributed by atoms with Crippen LogP contribution < -0.4 is 9.64 Å². The molecule has 0 unspecified atom stereocenters. The lowest BCUT2D eigenvalue weighted by Gasteiger charge is -2.22. The first-order valence-electron chi connectivity index (χ1n) is 8.26. The fourth-order valence-electron chi connectivity index (χ4n) is 2.58. The largest absolute Gasteiger partial charge is 0.494 e. The van der Waals surface area contributed by atoms with E-state index in [1.54, 1.807) is 30.2 Å². The second-order valence-electron chi connectivity index (χ2n) is 6.19. The quantitative estimate of drug-likeness (QED) is 0.552. The normalized spacial score (nSPS) is 10.8. The number of carbonyl (C=O) groups is 1. The molecule has 0 bridgehead atoms. The number of hydrogen-bond acceptors (Lipinski definition) is 5. The van der Waals surface area contributed by atoms with Gasteiger partial charge in [-0.3, -0.25) is 9.69 Å². The van der Waals surface area contributed by atoms with E-state index in [1.165, 1.54) is 29.5 Å². The van der Waals surface area contributed by atoms with Crippen molar-refractivity contribution in [2.45, 2.75) is 0 Å². The highest BCUT2D eigenvalue weighted by Crippen LogP contribution is 2.39. The number of ether oxygens (including phenoxy) is 1. The number of fused-ring (bicyclic) bond motifs is 1. The van der Waals surface area contributed by atoms with Gasteiger partial charge < -0.3 is 9.64 Å². The number of likely N-dealkylation sites (N-methyl/N-ethyl adjacent to an activating group) is 1. The van der Waals surface area contributed by atoms with Crippen LogP contribution in [0.2, 0.25) is 5.02 Å². The van der Waals surface area contributed by atoms with Crippen LogP contribution in [0.3, 0.4) is 0 Å². The van der Waals surface area contributed by atoms with Crippen LogP contribution in [0.4, 0.5) is 9.52 Å². The van der Waals surface area contributed by atoms with Crippen LogP contribution in [0, 0.1) is 5.82 Å². The predicted octanol–water partition coefficient (Wildman–Crippen LogP) is 4.73. The Bertz CT molecular complexity index is 981. The van der Waals surface area contributed by atoms with Crippen LogP contribution in [0.15, 0.2) is 36.4 Å². The van der Waals surface area contributed by atoms with Crippen molar-refractivity contribution in [2.75, 3.05) is 39.2 Å². The highest BCUT2D eigenvalue weighted by Gasteiger charge is 2.23. The number of methoxy groups -OCH3 is 1. The van der Waals surface area contributed by atoms with Gasteiger partial charge in [0.1, 0.15) is 17.1 Å². The van der Waals surface area contributed by atoms with Crippen molar-refractivity contribution >= 4 is 56.6 Å². The van der Waals surface area contributed by atoms with Gasteiger partial charge in [0.2, 0.25) is 0 Å². The lowest BCUT2D eigenvalue weighted by molar-refractivity contribution is 0.0984. The number of rotatable bonds is 6. The monoisotopic (exact) mass is 443 g/mol. The third-order valence-corrected chi connectivity index (χ3v) is 5.52. The topological polar surface area (TPSA) is 45.7 Å². The summed E-state index contributed by atoms with van der Waals surface area (Å²) in [7, 11) is 5.40. The number of aromatic nitrogens is 1. The number of hydrogen-bond donors (Lipinski definition) is 0. The minimum Gasteiger partial charge on any atom is -0.494 e. The molecule has 0 saturated carbocycles. The summed E-state index contributed by atoms with van der Waals surface area (Å²) < 4.78 is 19.7. The maximum Gasteiger partial charge on any atom is 0.260 e. The SMILES string of the molecule is COc1ccc(Cl)c2sc(N(CCN(C)C)C(=O)c3cccc(F)c3)nc12.Cl. The molecule has 0 spiro atoms. The number of carbonyl (C=O) groups excluding carboxylic acids is 1. The number of amides is 1. The fraction of sp³-hybridized carbons (Fsp3) is 0.263. The van der Waals surface area contributed by atoms with Crippen LogP contribution in [-0.2, 0) is 0 Å². The Hall–Kier alpha value is -1.93. The van der Waals surface area contributed by atoms with Crippen molar-refractivity contribution in [3.05, 3.63) is 52.8 Å². The molecule has 3 aromatic rings. The van der Waals surface area contributed by atoms with Gasteiger partial charge in [-0.25, -0.2) is 9.37 Å². The molecule has 2 aromatic carbocycles.